The smallest absolute Gasteiger partial charge is 0.316 e. The molecule has 80 valence electrons. The normalized spacial score (nSPS) is 10.4. The summed E-state index contributed by atoms with van der Waals surface area (Å²) in [4.78, 5) is 3.95. The van der Waals surface area contributed by atoms with Gasteiger partial charge in [0.1, 0.15) is 0 Å². The molecule has 15 heavy (non-hydrogen) atoms. The number of nitrogens with one attached hydrogen (secondary N) is 1. The highest BCUT2D eigenvalue weighted by Crippen LogP contribution is 2.05. The molecule has 0 aliphatic rings. The van der Waals surface area contributed by atoms with Gasteiger partial charge in [0.15, 0.2) is 0 Å². The zero-order valence-corrected chi connectivity index (χ0v) is 8.13. The summed E-state index contributed by atoms with van der Waals surface area (Å²) in [7, 11) is 0. The third-order valence-electron chi connectivity index (χ3n) is 1.87. The lowest BCUT2D eigenvalue weighted by Gasteiger charge is -2.01. The monoisotopic (exact) mass is 208 g/mol. The van der Waals surface area contributed by atoms with Crippen LogP contribution in [0.15, 0.2) is 23.1 Å². The van der Waals surface area contributed by atoms with E-state index in [0.29, 0.717) is 6.01 Å². The van der Waals surface area contributed by atoms with Gasteiger partial charge in [0.2, 0.25) is 0 Å². The van der Waals surface area contributed by atoms with Crippen molar-refractivity contribution in [2.45, 2.75) is 13.0 Å². The number of hydrogen-bond acceptors (Lipinski definition) is 6. The Bertz CT molecular complexity index is 395. The van der Waals surface area contributed by atoms with E-state index in [2.05, 4.69) is 20.5 Å². The second-order valence-corrected chi connectivity index (χ2v) is 3.03. The third kappa shape index (κ3) is 2.70. The van der Waals surface area contributed by atoms with Gasteiger partial charge in [0.05, 0.1) is 6.33 Å². The molecular formula is C8H12N6O. The van der Waals surface area contributed by atoms with Gasteiger partial charge in [-0.1, -0.05) is 10.2 Å². The van der Waals surface area contributed by atoms with Gasteiger partial charge in [-0.3, -0.25) is 0 Å². The summed E-state index contributed by atoms with van der Waals surface area (Å²) >= 11 is 0. The Morgan fingerprint density at radius 3 is 3.07 bits per heavy atom. The van der Waals surface area contributed by atoms with Crippen LogP contribution >= 0.6 is 0 Å². The first-order chi connectivity index (χ1) is 7.34. The number of aryl methyl sites for hydroxylation is 1. The number of nitrogen functional groups attached to an aromatic ring is 1. The van der Waals surface area contributed by atoms with Crippen LogP contribution in [0, 0.1) is 0 Å². The molecule has 2 rings (SSSR count). The molecule has 0 spiro atoms. The molecule has 0 saturated carbocycles. The molecule has 2 aromatic heterocycles. The van der Waals surface area contributed by atoms with Gasteiger partial charge in [-0.05, 0) is 6.42 Å². The lowest BCUT2D eigenvalue weighted by molar-refractivity contribution is 0.579. The molecule has 2 aromatic rings. The first kappa shape index (κ1) is 9.50. The third-order valence-corrected chi connectivity index (χ3v) is 1.87. The highest BCUT2D eigenvalue weighted by atomic mass is 16.4. The molecule has 2 heterocycles. The van der Waals surface area contributed by atoms with Crippen LogP contribution in [0.2, 0.25) is 0 Å². The second kappa shape index (κ2) is 4.45. The predicted molar refractivity (Wildman–Crippen MR) is 54.0 cm³/mol. The van der Waals surface area contributed by atoms with Crippen LogP contribution in [0.5, 0.6) is 0 Å². The van der Waals surface area contributed by atoms with Gasteiger partial charge in [-0.15, -0.1) is 0 Å². The molecule has 0 aromatic carbocycles. The van der Waals surface area contributed by atoms with E-state index in [1.807, 2.05) is 10.8 Å². The van der Waals surface area contributed by atoms with E-state index in [1.54, 1.807) is 12.5 Å². The number of aromatic nitrogens is 4. The van der Waals surface area contributed by atoms with Crippen molar-refractivity contribution in [2.24, 2.45) is 0 Å². The van der Waals surface area contributed by atoms with Crippen LogP contribution in [0.4, 0.5) is 12.0 Å². The van der Waals surface area contributed by atoms with Gasteiger partial charge >= 0.3 is 12.0 Å². The Kier molecular flexibility index (Phi) is 2.82. The van der Waals surface area contributed by atoms with Gasteiger partial charge in [-0.25, -0.2) is 4.98 Å². The number of hydrogen-bond donors (Lipinski definition) is 2. The molecule has 0 unspecified atom stereocenters. The Hall–Kier alpha value is -2.05. The molecule has 0 atom stereocenters. The highest BCUT2D eigenvalue weighted by Gasteiger charge is 2.00. The van der Waals surface area contributed by atoms with Crippen molar-refractivity contribution in [1.29, 1.82) is 0 Å². The van der Waals surface area contributed by atoms with Gasteiger partial charge in [0.25, 0.3) is 0 Å². The Balaban J connectivity index is 1.67. The molecule has 0 saturated heterocycles. The molecule has 0 aliphatic carbocycles. The quantitative estimate of drug-likeness (QED) is 0.688. The maximum Gasteiger partial charge on any atom is 0.316 e. The Morgan fingerprint density at radius 1 is 1.47 bits per heavy atom. The van der Waals surface area contributed by atoms with Gasteiger partial charge in [-0.2, -0.15) is 0 Å². The average molecular weight is 208 g/mol. The minimum atomic E-state index is 0.0760. The fourth-order valence-electron chi connectivity index (χ4n) is 1.18. The molecule has 0 amide bonds. The summed E-state index contributed by atoms with van der Waals surface area (Å²) in [6, 6.07) is 0.435. The molecular weight excluding hydrogens is 196 g/mol. The van der Waals surface area contributed by atoms with Crippen molar-refractivity contribution < 1.29 is 4.42 Å². The summed E-state index contributed by atoms with van der Waals surface area (Å²) < 4.78 is 6.95. The molecule has 0 aliphatic heterocycles. The van der Waals surface area contributed by atoms with Crippen LogP contribution in [-0.2, 0) is 6.54 Å². The first-order valence-electron chi connectivity index (χ1n) is 4.63. The number of anilines is 2. The van der Waals surface area contributed by atoms with E-state index in [1.165, 1.54) is 0 Å². The van der Waals surface area contributed by atoms with E-state index >= 15 is 0 Å². The van der Waals surface area contributed by atoms with Crippen molar-refractivity contribution in [1.82, 2.24) is 19.7 Å². The highest BCUT2D eigenvalue weighted by molar-refractivity contribution is 5.21. The maximum absolute atomic E-state index is 5.27. The predicted octanol–water partition coefficient (Wildman–Crippen LogP) is 0.350. The Morgan fingerprint density at radius 2 is 2.40 bits per heavy atom. The summed E-state index contributed by atoms with van der Waals surface area (Å²) in [5, 5.41) is 10.2. The fourth-order valence-corrected chi connectivity index (χ4v) is 1.18. The van der Waals surface area contributed by atoms with Crippen molar-refractivity contribution in [2.75, 3.05) is 17.6 Å². The summed E-state index contributed by atoms with van der Waals surface area (Å²) in [5.74, 6) is 0. The van der Waals surface area contributed by atoms with Crippen molar-refractivity contribution in [3.8, 4) is 0 Å². The van der Waals surface area contributed by atoms with Crippen LogP contribution in [0.3, 0.4) is 0 Å². The fraction of sp³-hybridized carbons (Fsp3) is 0.375. The van der Waals surface area contributed by atoms with E-state index in [9.17, 15) is 0 Å². The van der Waals surface area contributed by atoms with Crippen LogP contribution in [0.1, 0.15) is 6.42 Å². The molecule has 0 fully saturated rings. The lowest BCUT2D eigenvalue weighted by atomic mass is 10.4. The minimum absolute atomic E-state index is 0.0760. The zero-order valence-electron chi connectivity index (χ0n) is 8.13. The SMILES string of the molecule is Nc1nnc(NCCCn2ccnc2)o1. The summed E-state index contributed by atoms with van der Waals surface area (Å²) in [6.45, 7) is 1.65. The largest absolute Gasteiger partial charge is 0.390 e. The first-order valence-corrected chi connectivity index (χ1v) is 4.63. The number of rotatable bonds is 5. The summed E-state index contributed by atoms with van der Waals surface area (Å²) in [6.07, 6.45) is 6.40. The molecule has 7 nitrogen and oxygen atoms in total. The molecule has 0 bridgehead atoms. The summed E-state index contributed by atoms with van der Waals surface area (Å²) in [5.41, 5.74) is 5.27. The van der Waals surface area contributed by atoms with E-state index in [4.69, 9.17) is 10.2 Å². The van der Waals surface area contributed by atoms with Gasteiger partial charge in [0, 0.05) is 25.5 Å². The van der Waals surface area contributed by atoms with E-state index < -0.39 is 0 Å². The lowest BCUT2D eigenvalue weighted by Crippen LogP contribution is -2.05. The van der Waals surface area contributed by atoms with E-state index in [-0.39, 0.29) is 6.01 Å². The van der Waals surface area contributed by atoms with E-state index in [0.717, 1.165) is 19.5 Å². The van der Waals surface area contributed by atoms with Crippen molar-refractivity contribution >= 4 is 12.0 Å². The second-order valence-electron chi connectivity index (χ2n) is 3.03. The zero-order chi connectivity index (χ0) is 10.5. The van der Waals surface area contributed by atoms with Crippen LogP contribution < -0.4 is 11.1 Å². The molecule has 7 heteroatoms. The molecule has 3 N–H and O–H groups in total. The van der Waals surface area contributed by atoms with Crippen LogP contribution in [0.25, 0.3) is 0 Å². The standard InChI is InChI=1S/C8H12N6O/c9-7-12-13-8(15-7)11-2-1-4-14-5-3-10-6-14/h3,5-6H,1-2,4H2,(H2,9,12)(H,11,13). The number of imidazole rings is 1. The topological polar surface area (TPSA) is 94.8 Å². The minimum Gasteiger partial charge on any atom is -0.390 e. The average Bonchev–Trinajstić information content (AvgIpc) is 2.84. The van der Waals surface area contributed by atoms with Gasteiger partial charge < -0.3 is 20.0 Å². The Labute approximate surface area is 86.3 Å². The maximum atomic E-state index is 5.27. The molecule has 0 radical (unpaired) electrons. The van der Waals surface area contributed by atoms with Crippen molar-refractivity contribution in [3.05, 3.63) is 18.7 Å². The van der Waals surface area contributed by atoms with Crippen LogP contribution in [-0.4, -0.2) is 26.3 Å². The number of nitrogens with zero attached hydrogens (tertiary/aromatic N) is 4. The van der Waals surface area contributed by atoms with Crippen molar-refractivity contribution in [3.63, 3.8) is 0 Å². The number of nitrogens with two attached hydrogens (primary N) is 1.